The molecule has 162 valence electrons. The van der Waals surface area contributed by atoms with E-state index in [9.17, 15) is 9.59 Å². The van der Waals surface area contributed by atoms with Gasteiger partial charge in [0.05, 0.1) is 6.42 Å². The molecule has 4 rings (SSSR count). The van der Waals surface area contributed by atoms with E-state index in [1.54, 1.807) is 14.0 Å². The monoisotopic (exact) mass is 426 g/mol. The first-order valence-electron chi connectivity index (χ1n) is 10.5. The van der Waals surface area contributed by atoms with Crippen LogP contribution in [0.2, 0.25) is 0 Å². The summed E-state index contributed by atoms with van der Waals surface area (Å²) >= 11 is 0. The highest BCUT2D eigenvalue weighted by Crippen LogP contribution is 2.32. The number of hydrogen-bond acceptors (Lipinski definition) is 3. The van der Waals surface area contributed by atoms with Crippen molar-refractivity contribution in [1.29, 1.82) is 5.41 Å². The lowest BCUT2D eigenvalue weighted by molar-refractivity contribution is -0.130. The Bertz CT molecular complexity index is 1180. The van der Waals surface area contributed by atoms with Gasteiger partial charge in [0.25, 0.3) is 5.91 Å². The minimum Gasteiger partial charge on any atom is -0.352 e. The summed E-state index contributed by atoms with van der Waals surface area (Å²) in [6, 6.07) is 25.4. The minimum atomic E-state index is -0.985. The van der Waals surface area contributed by atoms with Crippen molar-refractivity contribution < 1.29 is 9.59 Å². The van der Waals surface area contributed by atoms with Crippen LogP contribution in [-0.4, -0.2) is 29.7 Å². The van der Waals surface area contributed by atoms with Crippen LogP contribution in [0.25, 0.3) is 11.1 Å². The largest absolute Gasteiger partial charge is 0.352 e. The zero-order chi connectivity index (χ0) is 22.7. The molecule has 0 saturated carbocycles. The number of guanidine groups is 1. The maximum Gasteiger partial charge on any atom is 0.259 e. The first-order valence-corrected chi connectivity index (χ1v) is 10.5. The van der Waals surface area contributed by atoms with Crippen LogP contribution in [0.15, 0.2) is 78.9 Å². The molecule has 3 N–H and O–H groups in total. The average Bonchev–Trinajstić information content (AvgIpc) is 3.02. The van der Waals surface area contributed by atoms with Crippen molar-refractivity contribution in [1.82, 2.24) is 15.5 Å². The molecule has 0 aromatic heterocycles. The number of carbonyl (C=O) groups excluding carboxylic acids is 2. The summed E-state index contributed by atoms with van der Waals surface area (Å²) < 4.78 is 0. The van der Waals surface area contributed by atoms with Crippen molar-refractivity contribution in [3.05, 3.63) is 95.6 Å². The molecule has 3 aromatic rings. The molecule has 0 spiro atoms. The highest BCUT2D eigenvalue weighted by molar-refractivity contribution is 6.07. The van der Waals surface area contributed by atoms with Crippen molar-refractivity contribution in [2.45, 2.75) is 25.4 Å². The van der Waals surface area contributed by atoms with Crippen molar-refractivity contribution in [3.8, 4) is 11.1 Å². The zero-order valence-electron chi connectivity index (χ0n) is 18.2. The molecule has 1 atom stereocenters. The van der Waals surface area contributed by atoms with Crippen LogP contribution in [0.1, 0.15) is 23.6 Å². The van der Waals surface area contributed by atoms with Crippen molar-refractivity contribution in [3.63, 3.8) is 0 Å². The molecule has 6 nitrogen and oxygen atoms in total. The van der Waals surface area contributed by atoms with E-state index in [1.165, 1.54) is 4.90 Å². The molecule has 1 heterocycles. The molecule has 2 amide bonds. The van der Waals surface area contributed by atoms with Gasteiger partial charge < -0.3 is 10.6 Å². The molecule has 1 aliphatic rings. The number of amides is 2. The summed E-state index contributed by atoms with van der Waals surface area (Å²) in [7, 11) is 1.60. The van der Waals surface area contributed by atoms with Crippen molar-refractivity contribution in [2.24, 2.45) is 0 Å². The molecular formula is C26H26N4O2. The van der Waals surface area contributed by atoms with Crippen molar-refractivity contribution in [2.75, 3.05) is 7.05 Å². The molecule has 0 bridgehead atoms. The molecule has 1 saturated heterocycles. The summed E-state index contributed by atoms with van der Waals surface area (Å²) in [5.74, 6) is -0.111. The van der Waals surface area contributed by atoms with Gasteiger partial charge in [0, 0.05) is 13.6 Å². The number of rotatable bonds is 6. The van der Waals surface area contributed by atoms with Gasteiger partial charge in [-0.05, 0) is 40.8 Å². The molecule has 0 radical (unpaired) electrons. The van der Waals surface area contributed by atoms with Gasteiger partial charge in [0.15, 0.2) is 5.96 Å². The van der Waals surface area contributed by atoms with Crippen LogP contribution in [0.3, 0.4) is 0 Å². The Balaban J connectivity index is 1.55. The first kappa shape index (κ1) is 21.3. The third-order valence-corrected chi connectivity index (χ3v) is 5.89. The quantitative estimate of drug-likeness (QED) is 0.565. The lowest BCUT2D eigenvalue weighted by Gasteiger charge is -2.23. The molecular weight excluding hydrogens is 400 g/mol. The fourth-order valence-corrected chi connectivity index (χ4v) is 4.00. The maximum atomic E-state index is 12.8. The smallest absolute Gasteiger partial charge is 0.259 e. The fraction of sp³-hybridized carbons (Fsp3) is 0.192. The molecule has 3 aromatic carbocycles. The van der Waals surface area contributed by atoms with Crippen molar-refractivity contribution >= 4 is 17.8 Å². The van der Waals surface area contributed by atoms with Gasteiger partial charge in [-0.25, -0.2) is 0 Å². The van der Waals surface area contributed by atoms with E-state index in [-0.39, 0.29) is 17.8 Å². The van der Waals surface area contributed by atoms with Crippen LogP contribution in [0, 0.1) is 5.41 Å². The molecule has 1 fully saturated rings. The van der Waals surface area contributed by atoms with E-state index in [0.29, 0.717) is 13.0 Å². The summed E-state index contributed by atoms with van der Waals surface area (Å²) in [5.41, 5.74) is 3.71. The van der Waals surface area contributed by atoms with Crippen LogP contribution >= 0.6 is 0 Å². The Morgan fingerprint density at radius 2 is 1.75 bits per heavy atom. The number of likely N-dealkylation sites (N-methyl/N-ethyl adjacent to an activating group) is 1. The summed E-state index contributed by atoms with van der Waals surface area (Å²) in [4.78, 5) is 26.5. The molecule has 1 aliphatic heterocycles. The van der Waals surface area contributed by atoms with Gasteiger partial charge in [-0.15, -0.1) is 0 Å². The lowest BCUT2D eigenvalue weighted by Crippen LogP contribution is -2.40. The Kier molecular flexibility index (Phi) is 5.77. The maximum absolute atomic E-state index is 12.8. The van der Waals surface area contributed by atoms with E-state index >= 15 is 0 Å². The third-order valence-electron chi connectivity index (χ3n) is 5.89. The second-order valence-electron chi connectivity index (χ2n) is 8.14. The van der Waals surface area contributed by atoms with Crippen LogP contribution in [0.5, 0.6) is 0 Å². The predicted molar refractivity (Wildman–Crippen MR) is 125 cm³/mol. The third kappa shape index (κ3) is 4.12. The number of nitrogens with zero attached hydrogens (tertiary/aromatic N) is 1. The predicted octanol–water partition coefficient (Wildman–Crippen LogP) is 3.42. The zero-order valence-corrected chi connectivity index (χ0v) is 18.2. The SMILES string of the molecule is CN1C(=N)NC(C)(c2cccc(-c3ccccc3CNC(=O)Cc3ccccc3)c2)C1=O. The van der Waals surface area contributed by atoms with E-state index in [2.05, 4.69) is 10.6 Å². The van der Waals surface area contributed by atoms with E-state index in [1.807, 2.05) is 78.9 Å². The summed E-state index contributed by atoms with van der Waals surface area (Å²) in [6.07, 6.45) is 0.337. The Morgan fingerprint density at radius 1 is 1.03 bits per heavy atom. The number of nitrogens with one attached hydrogen (secondary N) is 3. The van der Waals surface area contributed by atoms with Gasteiger partial charge in [-0.1, -0.05) is 72.8 Å². The topological polar surface area (TPSA) is 85.3 Å². The highest BCUT2D eigenvalue weighted by Gasteiger charge is 2.45. The Labute approximate surface area is 187 Å². The second-order valence-corrected chi connectivity index (χ2v) is 8.14. The van der Waals surface area contributed by atoms with E-state index in [4.69, 9.17) is 5.41 Å². The minimum absolute atomic E-state index is 0.0328. The van der Waals surface area contributed by atoms with Gasteiger partial charge in [-0.3, -0.25) is 19.9 Å². The number of carbonyl (C=O) groups is 2. The Morgan fingerprint density at radius 3 is 2.47 bits per heavy atom. The normalized spacial score (nSPS) is 17.9. The van der Waals surface area contributed by atoms with Crippen LogP contribution < -0.4 is 10.6 Å². The molecule has 32 heavy (non-hydrogen) atoms. The second kappa shape index (κ2) is 8.67. The number of benzene rings is 3. The van der Waals surface area contributed by atoms with Crippen LogP contribution in [0.4, 0.5) is 0 Å². The highest BCUT2D eigenvalue weighted by atomic mass is 16.2. The molecule has 6 heteroatoms. The van der Waals surface area contributed by atoms with Gasteiger partial charge in [-0.2, -0.15) is 0 Å². The van der Waals surface area contributed by atoms with Crippen LogP contribution in [-0.2, 0) is 28.1 Å². The van der Waals surface area contributed by atoms with E-state index in [0.717, 1.165) is 27.8 Å². The fourth-order valence-electron chi connectivity index (χ4n) is 4.00. The number of hydrogen-bond donors (Lipinski definition) is 3. The average molecular weight is 427 g/mol. The summed E-state index contributed by atoms with van der Waals surface area (Å²) in [5, 5.41) is 14.0. The lowest BCUT2D eigenvalue weighted by atomic mass is 9.88. The van der Waals surface area contributed by atoms with E-state index < -0.39 is 5.54 Å². The molecule has 0 aliphatic carbocycles. The van der Waals surface area contributed by atoms with Gasteiger partial charge >= 0.3 is 0 Å². The van der Waals surface area contributed by atoms with Gasteiger partial charge in [0.2, 0.25) is 5.91 Å². The summed E-state index contributed by atoms with van der Waals surface area (Å²) in [6.45, 7) is 2.20. The first-order chi connectivity index (χ1) is 15.4. The standard InChI is InChI=1S/C26H26N4O2/c1-26(24(32)30(2)25(27)29-26)21-13-8-12-19(16-21)22-14-7-6-11-20(22)17-28-23(31)15-18-9-4-3-5-10-18/h3-14,16H,15,17H2,1-2H3,(H2,27,29)(H,28,31). The Hall–Kier alpha value is -3.93. The molecule has 1 unspecified atom stereocenters. The van der Waals surface area contributed by atoms with Gasteiger partial charge in [0.1, 0.15) is 5.54 Å².